The number of hydrogen-bond donors (Lipinski definition) is 5. The smallest absolute Gasteiger partial charge is 0.413 e. The molecule has 0 aliphatic rings. The van der Waals surface area contributed by atoms with Crippen LogP contribution in [0, 0.1) is 27.7 Å². The van der Waals surface area contributed by atoms with Crippen molar-refractivity contribution >= 4 is 47.2 Å². The summed E-state index contributed by atoms with van der Waals surface area (Å²) in [6, 6.07) is 0. The number of carbonyl (C=O) groups is 2. The van der Waals surface area contributed by atoms with Gasteiger partial charge in [0, 0.05) is 11.1 Å². The van der Waals surface area contributed by atoms with Gasteiger partial charge >= 0.3 is 12.2 Å². The van der Waals surface area contributed by atoms with E-state index in [1.54, 1.807) is 41.5 Å². The van der Waals surface area contributed by atoms with Crippen LogP contribution in [0.15, 0.2) is 14.0 Å². The minimum Gasteiger partial charge on any atom is -0.444 e. The molecular formula is C24H46N8O6S. The van der Waals surface area contributed by atoms with Crippen LogP contribution in [0.1, 0.15) is 78.9 Å². The minimum absolute atomic E-state index is 0. The molecule has 2 aromatic rings. The molecule has 8 N–H and O–H groups in total. The summed E-state index contributed by atoms with van der Waals surface area (Å²) in [4.78, 5) is 26.4. The number of nitrogens with zero attached hydrogens (tertiary/aromatic N) is 3. The summed E-state index contributed by atoms with van der Waals surface area (Å²) in [6.07, 6.45) is -1.47. The summed E-state index contributed by atoms with van der Waals surface area (Å²) >= 11 is 4.76. The first kappa shape index (κ1) is 39.6. The second kappa shape index (κ2) is 16.9. The molecule has 224 valence electrons. The summed E-state index contributed by atoms with van der Waals surface area (Å²) in [5.41, 5.74) is 17.8. The van der Waals surface area contributed by atoms with Crippen molar-refractivity contribution in [3.63, 3.8) is 0 Å². The maximum atomic E-state index is 11.3. The molecule has 0 radical (unpaired) electrons. The van der Waals surface area contributed by atoms with Gasteiger partial charge in [0.05, 0.1) is 11.4 Å². The van der Waals surface area contributed by atoms with Crippen LogP contribution < -0.4 is 27.8 Å². The van der Waals surface area contributed by atoms with E-state index in [0.717, 1.165) is 22.5 Å². The first-order chi connectivity index (χ1) is 16.7. The van der Waals surface area contributed by atoms with Crippen molar-refractivity contribution < 1.29 is 28.1 Å². The molecule has 0 atom stereocenters. The van der Waals surface area contributed by atoms with Crippen LogP contribution in [0.5, 0.6) is 0 Å². The number of nitrogens with one attached hydrogen (secondary N) is 2. The molecule has 0 bridgehead atoms. The lowest BCUT2D eigenvalue weighted by molar-refractivity contribution is 0.0547. The van der Waals surface area contributed by atoms with E-state index < -0.39 is 23.4 Å². The summed E-state index contributed by atoms with van der Waals surface area (Å²) in [6.45, 7) is 17.7. The Bertz CT molecular complexity index is 1040. The number of alkyl carbamates (subject to hydrolysis) is 2. The molecule has 0 spiro atoms. The van der Waals surface area contributed by atoms with Crippen molar-refractivity contribution in [2.45, 2.75) is 95.3 Å². The SMILES string of the molecule is C.C.CC(C)(C)OC(=O)NC(=S)NC(=O)OC(C)(C)C.Cc1noc(N)c1C.Cc1noc(N=C(N)N)c1C. The van der Waals surface area contributed by atoms with Gasteiger partial charge in [0.2, 0.25) is 5.88 Å². The average molecular weight is 575 g/mol. The number of nitrogen functional groups attached to an aromatic ring is 1. The van der Waals surface area contributed by atoms with Crippen LogP contribution >= 0.6 is 12.2 Å². The van der Waals surface area contributed by atoms with E-state index >= 15 is 0 Å². The lowest BCUT2D eigenvalue weighted by Crippen LogP contribution is -2.45. The van der Waals surface area contributed by atoms with Crippen molar-refractivity contribution in [2.75, 3.05) is 5.73 Å². The highest BCUT2D eigenvalue weighted by Crippen LogP contribution is 2.20. The van der Waals surface area contributed by atoms with Crippen LogP contribution in [0.2, 0.25) is 0 Å². The molecule has 14 nitrogen and oxygen atoms in total. The number of aryl methyl sites for hydroxylation is 2. The van der Waals surface area contributed by atoms with Gasteiger partial charge in [-0.25, -0.2) is 9.59 Å². The molecule has 0 aliphatic heterocycles. The predicted molar refractivity (Wildman–Crippen MR) is 157 cm³/mol. The number of guanidine groups is 1. The molecule has 0 aromatic carbocycles. The number of aromatic nitrogens is 2. The Morgan fingerprint density at radius 3 is 1.44 bits per heavy atom. The molecule has 0 aliphatic carbocycles. The third-order valence-electron chi connectivity index (χ3n) is 3.79. The number of hydrogen-bond acceptors (Lipinski definition) is 11. The predicted octanol–water partition coefficient (Wildman–Crippen LogP) is 4.66. The molecule has 15 heteroatoms. The molecule has 0 saturated heterocycles. The topological polar surface area (TPSA) is 219 Å². The van der Waals surface area contributed by atoms with Gasteiger partial charge in [0.1, 0.15) is 11.2 Å². The fourth-order valence-electron chi connectivity index (χ4n) is 1.88. The number of anilines is 1. The highest BCUT2D eigenvalue weighted by Gasteiger charge is 2.20. The van der Waals surface area contributed by atoms with Gasteiger partial charge in [-0.1, -0.05) is 25.2 Å². The summed E-state index contributed by atoms with van der Waals surface area (Å²) < 4.78 is 19.4. The molecule has 2 rings (SSSR count). The zero-order valence-electron chi connectivity index (χ0n) is 22.9. The number of amides is 2. The quantitative estimate of drug-likeness (QED) is 0.178. The van der Waals surface area contributed by atoms with Crippen LogP contribution in [-0.4, -0.2) is 44.8 Å². The Morgan fingerprint density at radius 1 is 0.821 bits per heavy atom. The number of rotatable bonds is 1. The second-order valence-electron chi connectivity index (χ2n) is 9.57. The molecular weight excluding hydrogens is 528 g/mol. The van der Waals surface area contributed by atoms with Crippen molar-refractivity contribution in [3.05, 3.63) is 22.5 Å². The molecule has 2 aromatic heterocycles. The Morgan fingerprint density at radius 2 is 1.21 bits per heavy atom. The van der Waals surface area contributed by atoms with Gasteiger partial charge in [0.15, 0.2) is 11.1 Å². The number of ether oxygens (including phenoxy) is 2. The Balaban J connectivity index is -0.000000526. The van der Waals surface area contributed by atoms with E-state index in [9.17, 15) is 9.59 Å². The van der Waals surface area contributed by atoms with Gasteiger partial charge in [-0.15, -0.1) is 0 Å². The molecule has 2 amide bonds. The molecule has 2 heterocycles. The monoisotopic (exact) mass is 574 g/mol. The van der Waals surface area contributed by atoms with Crippen molar-refractivity contribution in [3.8, 4) is 0 Å². The van der Waals surface area contributed by atoms with Crippen molar-refractivity contribution in [1.82, 2.24) is 20.9 Å². The van der Waals surface area contributed by atoms with Gasteiger partial charge in [-0.05, 0) is 81.5 Å². The largest absolute Gasteiger partial charge is 0.444 e. The number of nitrogens with two attached hydrogens (primary N) is 3. The van der Waals surface area contributed by atoms with E-state index in [1.165, 1.54) is 0 Å². The Labute approximate surface area is 236 Å². The molecule has 0 unspecified atom stereocenters. The van der Waals surface area contributed by atoms with E-state index in [-0.39, 0.29) is 25.9 Å². The van der Waals surface area contributed by atoms with Crippen LogP contribution in [-0.2, 0) is 9.47 Å². The van der Waals surface area contributed by atoms with Crippen LogP contribution in [0.4, 0.5) is 21.4 Å². The average Bonchev–Trinajstić information content (AvgIpc) is 3.15. The van der Waals surface area contributed by atoms with Gasteiger partial charge in [-0.2, -0.15) is 4.99 Å². The highest BCUT2D eigenvalue weighted by molar-refractivity contribution is 7.80. The van der Waals surface area contributed by atoms with E-state index in [4.69, 9.17) is 43.4 Å². The summed E-state index contributed by atoms with van der Waals surface area (Å²) in [7, 11) is 0. The standard InChI is InChI=1S/C11H20N2O4S.C6H10N4O.C5H8N2O.2CH4/c1-10(2,3)16-8(14)12-7(18)13-9(15)17-11(4,5)6;1-3-4(2)10-11-5(3)9-6(7)8;1-3-4(2)7-8-5(3)6;;/h1-6H3,(H2,12,13,14,15,18);1-2H3,(H4,7,8,9);6H2,1-2H3;2*1H4. The molecule has 39 heavy (non-hydrogen) atoms. The first-order valence-electron chi connectivity index (χ1n) is 11.0. The number of carbonyl (C=O) groups excluding carboxylic acids is 2. The molecule has 0 saturated carbocycles. The minimum atomic E-state index is -0.733. The lowest BCUT2D eigenvalue weighted by Gasteiger charge is -2.21. The van der Waals surface area contributed by atoms with Gasteiger partial charge in [-0.3, -0.25) is 10.6 Å². The number of thiocarbonyl (C=S) groups is 1. The third-order valence-corrected chi connectivity index (χ3v) is 3.99. The molecule has 0 fully saturated rings. The van der Waals surface area contributed by atoms with E-state index in [2.05, 4.69) is 30.5 Å². The maximum Gasteiger partial charge on any atom is 0.413 e. The van der Waals surface area contributed by atoms with E-state index in [1.807, 2.05) is 27.7 Å². The van der Waals surface area contributed by atoms with Gasteiger partial charge < -0.3 is 35.7 Å². The van der Waals surface area contributed by atoms with Crippen molar-refractivity contribution in [1.29, 1.82) is 0 Å². The second-order valence-corrected chi connectivity index (χ2v) is 9.98. The lowest BCUT2D eigenvalue weighted by atomic mass is 10.2. The van der Waals surface area contributed by atoms with Crippen LogP contribution in [0.3, 0.4) is 0 Å². The van der Waals surface area contributed by atoms with E-state index in [0.29, 0.717) is 11.8 Å². The highest BCUT2D eigenvalue weighted by atomic mass is 32.1. The maximum absolute atomic E-state index is 11.3. The van der Waals surface area contributed by atoms with Crippen LogP contribution in [0.25, 0.3) is 0 Å². The normalized spacial score (nSPS) is 10.0. The van der Waals surface area contributed by atoms with Gasteiger partial charge in [0.25, 0.3) is 5.88 Å². The summed E-state index contributed by atoms with van der Waals surface area (Å²) in [5, 5.41) is 11.5. The zero-order valence-corrected chi connectivity index (χ0v) is 23.7. The fourth-order valence-corrected chi connectivity index (χ4v) is 2.05. The van der Waals surface area contributed by atoms with Crippen molar-refractivity contribution in [2.24, 2.45) is 16.5 Å². The Hall–Kier alpha value is -3.88. The summed E-state index contributed by atoms with van der Waals surface area (Å²) in [5.74, 6) is 0.772. The third kappa shape index (κ3) is 18.1. The fraction of sp³-hybridized carbons (Fsp3) is 0.583. The Kier molecular flexibility index (Phi) is 17.1. The number of aliphatic imine (C=N–C) groups is 1. The zero-order chi connectivity index (χ0) is 29.1. The first-order valence-corrected chi connectivity index (χ1v) is 11.4.